The van der Waals surface area contributed by atoms with Gasteiger partial charge in [-0.15, -0.1) is 0 Å². The Kier molecular flexibility index (Phi) is 2.16. The van der Waals surface area contributed by atoms with Crippen molar-refractivity contribution in [3.8, 4) is 0 Å². The van der Waals surface area contributed by atoms with Crippen LogP contribution in [0.2, 0.25) is 0 Å². The van der Waals surface area contributed by atoms with Crippen LogP contribution in [-0.2, 0) is 4.79 Å². The summed E-state index contributed by atoms with van der Waals surface area (Å²) in [5.41, 5.74) is -1.21. The van der Waals surface area contributed by atoms with Crippen LogP contribution in [0.15, 0.2) is 0 Å². The Hall–Kier alpha value is -0.610. The van der Waals surface area contributed by atoms with Crippen LogP contribution in [0.1, 0.15) is 27.7 Å². The van der Waals surface area contributed by atoms with Crippen LogP contribution < -0.4 is 0 Å². The van der Waals surface area contributed by atoms with E-state index in [-0.39, 0.29) is 11.4 Å². The fourth-order valence-corrected chi connectivity index (χ4v) is 2.03. The first kappa shape index (κ1) is 10.5. The topological polar surface area (TPSA) is 43.8 Å². The second-order valence-corrected chi connectivity index (χ2v) is 4.84. The normalized spacial score (nSPS) is 27.8. The molecule has 1 rings (SSSR count). The number of hydroxylamine groups is 2. The highest BCUT2D eigenvalue weighted by molar-refractivity contribution is 5.86. The number of rotatable bonds is 0. The first-order valence-corrected chi connectivity index (χ1v) is 4.44. The zero-order valence-corrected chi connectivity index (χ0v) is 8.96. The third-order valence-corrected chi connectivity index (χ3v) is 2.60. The second-order valence-electron chi connectivity index (χ2n) is 4.84. The van der Waals surface area contributed by atoms with Crippen LogP contribution in [0.25, 0.3) is 0 Å². The molecule has 0 atom stereocenters. The molecular formula is C9H18N2O2. The van der Waals surface area contributed by atoms with Gasteiger partial charge in [0.25, 0.3) is 0 Å². The van der Waals surface area contributed by atoms with Gasteiger partial charge in [-0.2, -0.15) is 5.06 Å². The Morgan fingerprint density at radius 2 is 1.77 bits per heavy atom. The van der Waals surface area contributed by atoms with Gasteiger partial charge in [-0.25, -0.2) is 0 Å². The molecule has 13 heavy (non-hydrogen) atoms. The smallest absolute Gasteiger partial charge is 0.244 e. The maximum Gasteiger partial charge on any atom is 0.244 e. The molecular weight excluding hydrogens is 168 g/mol. The fourth-order valence-electron chi connectivity index (χ4n) is 2.03. The summed E-state index contributed by atoms with van der Waals surface area (Å²) in [7, 11) is 1.76. The molecule has 1 amide bonds. The first-order valence-electron chi connectivity index (χ1n) is 4.44. The highest BCUT2D eigenvalue weighted by Crippen LogP contribution is 2.30. The molecule has 4 nitrogen and oxygen atoms in total. The van der Waals surface area contributed by atoms with E-state index in [1.165, 1.54) is 0 Å². The van der Waals surface area contributed by atoms with Crippen molar-refractivity contribution >= 4 is 5.91 Å². The van der Waals surface area contributed by atoms with E-state index in [0.717, 1.165) is 5.06 Å². The number of hydrogen-bond donors (Lipinski definition) is 1. The molecule has 1 saturated heterocycles. The van der Waals surface area contributed by atoms with Gasteiger partial charge < -0.3 is 10.1 Å². The van der Waals surface area contributed by atoms with E-state index in [1.54, 1.807) is 25.8 Å². The van der Waals surface area contributed by atoms with E-state index in [0.29, 0.717) is 6.54 Å². The van der Waals surface area contributed by atoms with Crippen molar-refractivity contribution in [3.63, 3.8) is 0 Å². The van der Waals surface area contributed by atoms with Gasteiger partial charge in [-0.1, -0.05) is 0 Å². The van der Waals surface area contributed by atoms with Crippen LogP contribution in [-0.4, -0.2) is 45.7 Å². The minimum Gasteiger partial charge on any atom is -0.342 e. The molecule has 1 heterocycles. The average molecular weight is 186 g/mol. The number of amides is 1. The van der Waals surface area contributed by atoms with Crippen LogP contribution in [0.4, 0.5) is 0 Å². The zero-order valence-electron chi connectivity index (χ0n) is 8.96. The van der Waals surface area contributed by atoms with Crippen LogP contribution in [0.5, 0.6) is 0 Å². The fraction of sp³-hybridized carbons (Fsp3) is 0.889. The summed E-state index contributed by atoms with van der Waals surface area (Å²) in [6, 6.07) is 0. The lowest BCUT2D eigenvalue weighted by atomic mass is 9.90. The molecule has 0 aliphatic carbocycles. The monoisotopic (exact) mass is 186 g/mol. The maximum atomic E-state index is 11.7. The molecule has 0 saturated carbocycles. The summed E-state index contributed by atoms with van der Waals surface area (Å²) < 4.78 is 0. The molecule has 0 aromatic rings. The van der Waals surface area contributed by atoms with Gasteiger partial charge in [0.05, 0.1) is 5.54 Å². The van der Waals surface area contributed by atoms with Crippen molar-refractivity contribution in [3.05, 3.63) is 0 Å². The number of hydrogen-bond acceptors (Lipinski definition) is 3. The van der Waals surface area contributed by atoms with Gasteiger partial charge in [0.15, 0.2) is 0 Å². The maximum absolute atomic E-state index is 11.7. The molecule has 76 valence electrons. The molecule has 1 N–H and O–H groups in total. The summed E-state index contributed by atoms with van der Waals surface area (Å²) in [5.74, 6) is -0.0469. The minimum atomic E-state index is -0.823. The van der Waals surface area contributed by atoms with Crippen molar-refractivity contribution < 1.29 is 10.0 Å². The molecule has 0 radical (unpaired) electrons. The van der Waals surface area contributed by atoms with Gasteiger partial charge in [0, 0.05) is 13.6 Å². The van der Waals surface area contributed by atoms with Gasteiger partial charge in [-0.3, -0.25) is 4.79 Å². The summed E-state index contributed by atoms with van der Waals surface area (Å²) in [6.45, 7) is 7.83. The summed E-state index contributed by atoms with van der Waals surface area (Å²) in [6.07, 6.45) is 0. The molecule has 1 aliphatic heterocycles. The summed E-state index contributed by atoms with van der Waals surface area (Å²) >= 11 is 0. The van der Waals surface area contributed by atoms with Crippen molar-refractivity contribution in [2.45, 2.75) is 38.8 Å². The predicted molar refractivity (Wildman–Crippen MR) is 49.4 cm³/mol. The quantitative estimate of drug-likeness (QED) is 0.606. The first-order chi connectivity index (χ1) is 5.69. The lowest BCUT2D eigenvalue weighted by Gasteiger charge is -2.50. The molecule has 0 bridgehead atoms. The number of carbonyl (C=O) groups excluding carboxylic acids is 1. The predicted octanol–water partition coefficient (Wildman–Crippen LogP) is 0.707. The van der Waals surface area contributed by atoms with Crippen molar-refractivity contribution in [1.29, 1.82) is 0 Å². The van der Waals surface area contributed by atoms with Crippen LogP contribution >= 0.6 is 0 Å². The Balaban J connectivity index is 3.03. The molecule has 0 aromatic heterocycles. The molecule has 0 unspecified atom stereocenters. The second kappa shape index (κ2) is 2.69. The van der Waals surface area contributed by atoms with Gasteiger partial charge in [0.2, 0.25) is 5.91 Å². The van der Waals surface area contributed by atoms with E-state index in [4.69, 9.17) is 0 Å². The molecule has 0 aromatic carbocycles. The largest absolute Gasteiger partial charge is 0.342 e. The van der Waals surface area contributed by atoms with E-state index in [2.05, 4.69) is 0 Å². The van der Waals surface area contributed by atoms with E-state index in [9.17, 15) is 10.0 Å². The van der Waals surface area contributed by atoms with Crippen molar-refractivity contribution in [2.75, 3.05) is 13.6 Å². The van der Waals surface area contributed by atoms with E-state index in [1.807, 2.05) is 13.8 Å². The highest BCUT2D eigenvalue weighted by atomic mass is 16.5. The van der Waals surface area contributed by atoms with Crippen molar-refractivity contribution in [1.82, 2.24) is 9.96 Å². The lowest BCUT2D eigenvalue weighted by molar-refractivity contribution is -0.245. The Morgan fingerprint density at radius 1 is 1.31 bits per heavy atom. The summed E-state index contributed by atoms with van der Waals surface area (Å²) in [5, 5.41) is 11.0. The summed E-state index contributed by atoms with van der Waals surface area (Å²) in [4.78, 5) is 13.3. The molecule has 1 aliphatic rings. The standard InChI is InChI=1S/C9H18N2O2/c1-8(2)6-10(5)7(12)9(3,4)11(8)13/h13H,6H2,1-5H3. The lowest BCUT2D eigenvalue weighted by Crippen LogP contribution is -2.69. The number of carbonyl (C=O) groups is 1. The van der Waals surface area contributed by atoms with E-state index < -0.39 is 5.54 Å². The Morgan fingerprint density at radius 3 is 2.23 bits per heavy atom. The average Bonchev–Trinajstić information content (AvgIpc) is 1.98. The van der Waals surface area contributed by atoms with Crippen molar-refractivity contribution in [2.24, 2.45) is 0 Å². The number of piperazine rings is 1. The highest BCUT2D eigenvalue weighted by Gasteiger charge is 2.49. The Labute approximate surface area is 79.1 Å². The molecule has 4 heteroatoms. The third kappa shape index (κ3) is 1.44. The zero-order chi connectivity index (χ0) is 10.4. The molecule has 0 spiro atoms. The number of nitrogens with zero attached hydrogens (tertiary/aromatic N) is 2. The van der Waals surface area contributed by atoms with E-state index >= 15 is 0 Å². The number of likely N-dealkylation sites (N-methyl/N-ethyl adjacent to an activating group) is 1. The van der Waals surface area contributed by atoms with Gasteiger partial charge in [0.1, 0.15) is 5.54 Å². The molecule has 1 fully saturated rings. The minimum absolute atomic E-state index is 0.0469. The van der Waals surface area contributed by atoms with Gasteiger partial charge in [-0.05, 0) is 27.7 Å². The van der Waals surface area contributed by atoms with Gasteiger partial charge >= 0.3 is 0 Å². The third-order valence-electron chi connectivity index (χ3n) is 2.60. The Bertz CT molecular complexity index is 236. The SMILES string of the molecule is CN1CC(C)(C)N(O)C(C)(C)C1=O. The van der Waals surface area contributed by atoms with Crippen LogP contribution in [0, 0.1) is 0 Å². The van der Waals surface area contributed by atoms with Crippen LogP contribution in [0.3, 0.4) is 0 Å².